The molecule has 0 aromatic heterocycles. The second-order valence-corrected chi connectivity index (χ2v) is 7.81. The summed E-state index contributed by atoms with van der Waals surface area (Å²) >= 11 is 0. The van der Waals surface area contributed by atoms with Gasteiger partial charge >= 0.3 is 0 Å². The Kier molecular flexibility index (Phi) is 5.40. The average molecular weight is 370 g/mol. The normalized spacial score (nSPS) is 19.4. The fraction of sp³-hybridized carbons (Fsp3) is 0.269. The van der Waals surface area contributed by atoms with Gasteiger partial charge in [-0.2, -0.15) is 0 Å². The first-order chi connectivity index (χ1) is 13.6. The van der Waals surface area contributed by atoms with E-state index in [0.717, 1.165) is 13.0 Å². The van der Waals surface area contributed by atoms with Crippen LogP contribution >= 0.6 is 0 Å². The molecular weight excluding hydrogens is 342 g/mol. The first-order valence-corrected chi connectivity index (χ1v) is 10.1. The van der Waals surface area contributed by atoms with E-state index in [9.17, 15) is 4.79 Å². The fourth-order valence-electron chi connectivity index (χ4n) is 4.54. The third-order valence-electron chi connectivity index (χ3n) is 6.06. The van der Waals surface area contributed by atoms with Crippen LogP contribution in [0.1, 0.15) is 48.2 Å². The van der Waals surface area contributed by atoms with Gasteiger partial charge in [-0.25, -0.2) is 0 Å². The van der Waals surface area contributed by atoms with Gasteiger partial charge in [0.2, 0.25) is 0 Å². The van der Waals surface area contributed by atoms with Crippen LogP contribution in [0.4, 0.5) is 0 Å². The minimum atomic E-state index is 0.00674. The van der Waals surface area contributed by atoms with E-state index < -0.39 is 0 Å². The number of rotatable bonds is 6. The highest BCUT2D eigenvalue weighted by Gasteiger charge is 2.40. The Bertz CT molecular complexity index is 935. The molecule has 0 fully saturated rings. The lowest BCUT2D eigenvalue weighted by atomic mass is 9.92. The molecule has 3 atom stereocenters. The molecule has 0 saturated carbocycles. The van der Waals surface area contributed by atoms with Crippen LogP contribution in [0.3, 0.4) is 0 Å². The molecule has 0 bridgehead atoms. The van der Waals surface area contributed by atoms with Gasteiger partial charge < -0.3 is 0 Å². The van der Waals surface area contributed by atoms with Crippen molar-refractivity contribution in [1.82, 2.24) is 4.90 Å². The number of Topliss-reactive ketones (excluding diaryl/α,β-unsaturated/α-hetero) is 1. The van der Waals surface area contributed by atoms with Crippen LogP contribution in [0.5, 0.6) is 0 Å². The molecule has 0 saturated heterocycles. The number of nitrogens with zero attached hydrogens (tertiary/aromatic N) is 1. The second-order valence-electron chi connectivity index (χ2n) is 7.81. The van der Waals surface area contributed by atoms with E-state index in [1.54, 1.807) is 6.92 Å². The molecule has 28 heavy (non-hydrogen) atoms. The van der Waals surface area contributed by atoms with Crippen molar-refractivity contribution >= 4 is 5.78 Å². The molecule has 3 aromatic carbocycles. The number of ketones is 1. The highest BCUT2D eigenvalue weighted by atomic mass is 16.1. The lowest BCUT2D eigenvalue weighted by Gasteiger charge is -2.38. The second kappa shape index (κ2) is 8.12. The molecule has 142 valence electrons. The predicted molar refractivity (Wildman–Crippen MR) is 114 cm³/mol. The summed E-state index contributed by atoms with van der Waals surface area (Å²) in [7, 11) is 0. The molecule has 1 aliphatic rings. The van der Waals surface area contributed by atoms with E-state index in [0.29, 0.717) is 0 Å². The highest BCUT2D eigenvalue weighted by molar-refractivity contribution is 5.80. The molecule has 0 aliphatic heterocycles. The Balaban J connectivity index is 1.78. The van der Waals surface area contributed by atoms with Crippen LogP contribution < -0.4 is 0 Å². The molecule has 4 rings (SSSR count). The van der Waals surface area contributed by atoms with E-state index in [2.05, 4.69) is 96.8 Å². The third-order valence-corrected chi connectivity index (χ3v) is 6.06. The van der Waals surface area contributed by atoms with Gasteiger partial charge in [0.1, 0.15) is 5.78 Å². The van der Waals surface area contributed by atoms with Gasteiger partial charge in [0.05, 0.1) is 0 Å². The van der Waals surface area contributed by atoms with Crippen molar-refractivity contribution in [1.29, 1.82) is 0 Å². The molecule has 3 aromatic rings. The van der Waals surface area contributed by atoms with Gasteiger partial charge in [0.15, 0.2) is 0 Å². The van der Waals surface area contributed by atoms with Gasteiger partial charge in [0.25, 0.3) is 0 Å². The minimum absolute atomic E-state index is 0.00674. The van der Waals surface area contributed by atoms with Crippen molar-refractivity contribution < 1.29 is 4.79 Å². The summed E-state index contributed by atoms with van der Waals surface area (Å²) in [5.41, 5.74) is 5.18. The zero-order chi connectivity index (χ0) is 19.5. The van der Waals surface area contributed by atoms with E-state index in [1.165, 1.54) is 22.3 Å². The molecule has 0 heterocycles. The molecular formula is C26H27NO. The summed E-state index contributed by atoms with van der Waals surface area (Å²) in [5.74, 6) is 0.284. The van der Waals surface area contributed by atoms with Crippen molar-refractivity contribution in [3.05, 3.63) is 107 Å². The largest absolute Gasteiger partial charge is 0.300 e. The van der Waals surface area contributed by atoms with Crippen molar-refractivity contribution in [2.24, 2.45) is 5.92 Å². The quantitative estimate of drug-likeness (QED) is 0.551. The number of fused-ring (bicyclic) bond motifs is 1. The van der Waals surface area contributed by atoms with Crippen LogP contribution in [-0.4, -0.2) is 10.7 Å². The van der Waals surface area contributed by atoms with E-state index in [4.69, 9.17) is 0 Å². The van der Waals surface area contributed by atoms with Gasteiger partial charge in [-0.1, -0.05) is 84.9 Å². The number of carbonyl (C=O) groups is 1. The van der Waals surface area contributed by atoms with Gasteiger partial charge in [0, 0.05) is 24.5 Å². The predicted octanol–water partition coefficient (Wildman–Crippen LogP) is 5.75. The summed E-state index contributed by atoms with van der Waals surface area (Å²) in [6.45, 7) is 4.83. The summed E-state index contributed by atoms with van der Waals surface area (Å²) < 4.78 is 0. The van der Waals surface area contributed by atoms with Crippen molar-refractivity contribution in [3.63, 3.8) is 0 Å². The Morgan fingerprint density at radius 2 is 1.54 bits per heavy atom. The molecule has 0 radical (unpaired) electrons. The molecule has 0 spiro atoms. The molecule has 0 unspecified atom stereocenters. The third kappa shape index (κ3) is 3.65. The Morgan fingerprint density at radius 3 is 2.21 bits per heavy atom. The molecule has 0 amide bonds. The van der Waals surface area contributed by atoms with Gasteiger partial charge in [-0.15, -0.1) is 0 Å². The zero-order valence-corrected chi connectivity index (χ0v) is 16.6. The summed E-state index contributed by atoms with van der Waals surface area (Å²) in [6, 6.07) is 30.1. The maximum absolute atomic E-state index is 12.6. The lowest BCUT2D eigenvalue weighted by Crippen LogP contribution is -2.36. The number of benzene rings is 3. The van der Waals surface area contributed by atoms with Crippen LogP contribution in [-0.2, 0) is 17.8 Å². The maximum atomic E-state index is 12.6. The molecule has 0 N–H and O–H groups in total. The Labute approximate surface area is 167 Å². The Hall–Kier alpha value is -2.71. The van der Waals surface area contributed by atoms with E-state index in [1.807, 2.05) is 0 Å². The van der Waals surface area contributed by atoms with Crippen molar-refractivity contribution in [3.8, 4) is 0 Å². The minimum Gasteiger partial charge on any atom is -0.300 e. The summed E-state index contributed by atoms with van der Waals surface area (Å²) in [5, 5.41) is 0. The topological polar surface area (TPSA) is 20.3 Å². The monoisotopic (exact) mass is 369 g/mol. The molecule has 1 aliphatic carbocycles. The highest BCUT2D eigenvalue weighted by Crippen LogP contribution is 2.44. The molecule has 2 nitrogen and oxygen atoms in total. The number of hydrogen-bond donors (Lipinski definition) is 0. The van der Waals surface area contributed by atoms with Crippen LogP contribution in [0.2, 0.25) is 0 Å². The first kappa shape index (κ1) is 18.6. The van der Waals surface area contributed by atoms with Crippen LogP contribution in [0.15, 0.2) is 84.9 Å². The van der Waals surface area contributed by atoms with Crippen molar-refractivity contribution in [2.45, 2.75) is 38.9 Å². The average Bonchev–Trinajstić information content (AvgIpc) is 3.13. The standard InChI is InChI=1S/C26H27NO/c1-19(22-13-7-4-8-14-22)27(18-21-11-5-3-6-12-21)26-24-16-10-9-15-23(24)17-25(26)20(2)28/h3-16,19,25-26H,17-18H2,1-2H3/t19-,25+,26-/m0/s1. The zero-order valence-electron chi connectivity index (χ0n) is 16.6. The molecule has 2 heteroatoms. The summed E-state index contributed by atoms with van der Waals surface area (Å²) in [6.07, 6.45) is 0.836. The van der Waals surface area contributed by atoms with E-state index >= 15 is 0 Å². The number of carbonyl (C=O) groups excluding carboxylic acids is 1. The van der Waals surface area contributed by atoms with Crippen LogP contribution in [0.25, 0.3) is 0 Å². The lowest BCUT2D eigenvalue weighted by molar-refractivity contribution is -0.123. The first-order valence-electron chi connectivity index (χ1n) is 10.1. The summed E-state index contributed by atoms with van der Waals surface area (Å²) in [4.78, 5) is 15.1. The van der Waals surface area contributed by atoms with Crippen molar-refractivity contribution in [2.75, 3.05) is 0 Å². The SMILES string of the molecule is CC(=O)[C@H]1Cc2ccccc2[C@@H]1N(Cc1ccccc1)[C@@H](C)c1ccccc1. The smallest absolute Gasteiger partial charge is 0.135 e. The Morgan fingerprint density at radius 1 is 0.929 bits per heavy atom. The van der Waals surface area contributed by atoms with Crippen LogP contribution in [0, 0.1) is 5.92 Å². The van der Waals surface area contributed by atoms with E-state index in [-0.39, 0.29) is 23.8 Å². The van der Waals surface area contributed by atoms with Gasteiger partial charge in [-0.3, -0.25) is 9.69 Å². The van der Waals surface area contributed by atoms with Gasteiger partial charge in [-0.05, 0) is 42.5 Å². The maximum Gasteiger partial charge on any atom is 0.135 e. The number of hydrogen-bond acceptors (Lipinski definition) is 2. The fourth-order valence-corrected chi connectivity index (χ4v) is 4.54.